The first kappa shape index (κ1) is 15.1. The standard InChI is InChI=1S/C11H17N5O6/c1-21-11(20)7-8(14-10(12)15-11)16(3-13-7)9-6(19)5(18)4(2-17)22-9/h3-6,9,17-20H,2H2,1H3,(H3,12,14,15)/t4-,5-,6-,9-,11?/m1/s1. The van der Waals surface area contributed by atoms with Gasteiger partial charge in [-0.05, 0) is 0 Å². The SMILES string of the molecule is COC1(O)N=C(N)Nc2c1ncn2[C@@H]1O[C@H](CO)[C@@H](O)[C@H]1O. The predicted octanol–water partition coefficient (Wildman–Crippen LogP) is -3.02. The first-order valence-electron chi connectivity index (χ1n) is 6.51. The number of nitrogens with one attached hydrogen (secondary N) is 1. The summed E-state index contributed by atoms with van der Waals surface area (Å²) in [5.41, 5.74) is 5.64. The lowest BCUT2D eigenvalue weighted by Crippen LogP contribution is -2.39. The summed E-state index contributed by atoms with van der Waals surface area (Å²) in [7, 11) is 1.23. The van der Waals surface area contributed by atoms with Crippen LogP contribution in [-0.2, 0) is 15.4 Å². The molecule has 22 heavy (non-hydrogen) atoms. The maximum Gasteiger partial charge on any atom is 0.319 e. The summed E-state index contributed by atoms with van der Waals surface area (Å²) >= 11 is 0. The molecule has 1 aromatic heterocycles. The second-order valence-electron chi connectivity index (χ2n) is 5.01. The van der Waals surface area contributed by atoms with Crippen LogP contribution in [0.3, 0.4) is 0 Å². The number of fused-ring (bicyclic) bond motifs is 1. The van der Waals surface area contributed by atoms with Crippen molar-refractivity contribution >= 4 is 11.8 Å². The van der Waals surface area contributed by atoms with Gasteiger partial charge in [0.25, 0.3) is 0 Å². The molecule has 1 saturated heterocycles. The van der Waals surface area contributed by atoms with Gasteiger partial charge in [-0.15, -0.1) is 0 Å². The normalized spacial score (nSPS) is 37.6. The topological polar surface area (TPSA) is 168 Å². The van der Waals surface area contributed by atoms with Gasteiger partial charge in [0.1, 0.15) is 24.1 Å². The van der Waals surface area contributed by atoms with E-state index >= 15 is 0 Å². The lowest BCUT2D eigenvalue weighted by molar-refractivity contribution is -0.189. The molecular weight excluding hydrogens is 298 g/mol. The van der Waals surface area contributed by atoms with Gasteiger partial charge < -0.3 is 41.0 Å². The first-order chi connectivity index (χ1) is 10.4. The highest BCUT2D eigenvalue weighted by Gasteiger charge is 2.46. The number of aliphatic hydroxyl groups is 4. The summed E-state index contributed by atoms with van der Waals surface area (Å²) < 4.78 is 11.7. The zero-order valence-corrected chi connectivity index (χ0v) is 11.6. The maximum absolute atomic E-state index is 10.3. The van der Waals surface area contributed by atoms with E-state index in [0.717, 1.165) is 0 Å². The molecule has 2 aliphatic rings. The monoisotopic (exact) mass is 315 g/mol. The summed E-state index contributed by atoms with van der Waals surface area (Å²) in [5, 5.41) is 42.0. The van der Waals surface area contributed by atoms with Gasteiger partial charge in [-0.1, -0.05) is 0 Å². The molecule has 1 unspecified atom stereocenters. The van der Waals surface area contributed by atoms with Gasteiger partial charge in [-0.2, -0.15) is 4.99 Å². The molecule has 2 aliphatic heterocycles. The zero-order chi connectivity index (χ0) is 16.1. The van der Waals surface area contributed by atoms with Crippen LogP contribution in [0.1, 0.15) is 11.9 Å². The number of aliphatic imine (C=N–C) groups is 1. The summed E-state index contributed by atoms with van der Waals surface area (Å²) in [6.45, 7) is -0.454. The first-order valence-corrected chi connectivity index (χ1v) is 6.51. The number of methoxy groups -OCH3 is 1. The molecule has 0 aromatic carbocycles. The molecule has 3 rings (SSSR count). The lowest BCUT2D eigenvalue weighted by atomic mass is 10.1. The van der Waals surface area contributed by atoms with Crippen molar-refractivity contribution in [3.63, 3.8) is 0 Å². The van der Waals surface area contributed by atoms with Crippen molar-refractivity contribution < 1.29 is 29.9 Å². The van der Waals surface area contributed by atoms with Gasteiger partial charge in [0.15, 0.2) is 17.9 Å². The second-order valence-corrected chi connectivity index (χ2v) is 5.01. The van der Waals surface area contributed by atoms with Crippen LogP contribution in [0.15, 0.2) is 11.3 Å². The molecule has 0 saturated carbocycles. The molecule has 0 spiro atoms. The van der Waals surface area contributed by atoms with E-state index < -0.39 is 37.1 Å². The summed E-state index contributed by atoms with van der Waals surface area (Å²) in [6.07, 6.45) is -3.25. The van der Waals surface area contributed by atoms with Crippen LogP contribution in [-0.4, -0.2) is 68.0 Å². The molecule has 1 fully saturated rings. The Balaban J connectivity index is 2.00. The van der Waals surface area contributed by atoms with E-state index in [-0.39, 0.29) is 17.5 Å². The van der Waals surface area contributed by atoms with Crippen molar-refractivity contribution in [3.05, 3.63) is 12.0 Å². The maximum atomic E-state index is 10.3. The lowest BCUT2D eigenvalue weighted by Gasteiger charge is -2.28. The van der Waals surface area contributed by atoms with Crippen LogP contribution in [0.2, 0.25) is 0 Å². The minimum Gasteiger partial charge on any atom is -0.394 e. The van der Waals surface area contributed by atoms with E-state index in [2.05, 4.69) is 15.3 Å². The van der Waals surface area contributed by atoms with Crippen LogP contribution in [0, 0.1) is 0 Å². The van der Waals surface area contributed by atoms with Crippen LogP contribution < -0.4 is 11.1 Å². The Kier molecular flexibility index (Phi) is 3.55. The highest BCUT2D eigenvalue weighted by atomic mass is 16.6. The summed E-state index contributed by atoms with van der Waals surface area (Å²) in [5.74, 6) is -1.98. The van der Waals surface area contributed by atoms with Crippen LogP contribution in [0.4, 0.5) is 5.82 Å². The van der Waals surface area contributed by atoms with Gasteiger partial charge >= 0.3 is 5.91 Å². The average molecular weight is 315 g/mol. The third-order valence-electron chi connectivity index (χ3n) is 3.70. The number of imidazole rings is 1. The number of rotatable bonds is 3. The fourth-order valence-corrected chi connectivity index (χ4v) is 2.53. The number of aromatic nitrogens is 2. The van der Waals surface area contributed by atoms with Crippen molar-refractivity contribution in [3.8, 4) is 0 Å². The number of nitrogens with zero attached hydrogens (tertiary/aromatic N) is 3. The highest BCUT2D eigenvalue weighted by Crippen LogP contribution is 2.37. The second kappa shape index (κ2) is 5.15. The van der Waals surface area contributed by atoms with Crippen molar-refractivity contribution in [2.45, 2.75) is 30.5 Å². The molecule has 122 valence electrons. The molecule has 0 aliphatic carbocycles. The Labute approximate surface area is 124 Å². The Morgan fingerprint density at radius 2 is 2.23 bits per heavy atom. The molecule has 1 aromatic rings. The molecular formula is C11H17N5O6. The van der Waals surface area contributed by atoms with Gasteiger partial charge in [-0.3, -0.25) is 4.57 Å². The van der Waals surface area contributed by atoms with Crippen LogP contribution in [0.5, 0.6) is 0 Å². The summed E-state index contributed by atoms with van der Waals surface area (Å²) in [4.78, 5) is 7.72. The molecule has 11 heteroatoms. The van der Waals surface area contributed by atoms with E-state index in [1.54, 1.807) is 0 Å². The molecule has 11 nitrogen and oxygen atoms in total. The minimum atomic E-state index is -2.06. The third-order valence-corrected chi connectivity index (χ3v) is 3.70. The molecule has 7 N–H and O–H groups in total. The number of hydrogen-bond donors (Lipinski definition) is 6. The van der Waals surface area contributed by atoms with Crippen LogP contribution in [0.25, 0.3) is 0 Å². The number of ether oxygens (including phenoxy) is 2. The van der Waals surface area contributed by atoms with E-state index in [0.29, 0.717) is 0 Å². The number of anilines is 1. The number of aliphatic hydroxyl groups excluding tert-OH is 3. The van der Waals surface area contributed by atoms with Crippen LogP contribution >= 0.6 is 0 Å². The number of guanidine groups is 1. The van der Waals surface area contributed by atoms with Crippen molar-refractivity contribution in [1.29, 1.82) is 0 Å². The summed E-state index contributed by atoms with van der Waals surface area (Å²) in [6, 6.07) is 0. The quantitative estimate of drug-likeness (QED) is 0.318. The molecule has 3 heterocycles. The predicted molar refractivity (Wildman–Crippen MR) is 71.4 cm³/mol. The van der Waals surface area contributed by atoms with Crippen molar-refractivity contribution in [2.75, 3.05) is 19.0 Å². The van der Waals surface area contributed by atoms with Gasteiger partial charge in [0.2, 0.25) is 0 Å². The third kappa shape index (κ3) is 2.06. The fraction of sp³-hybridized carbons (Fsp3) is 0.636. The Morgan fingerprint density at radius 1 is 1.50 bits per heavy atom. The Morgan fingerprint density at radius 3 is 2.82 bits per heavy atom. The number of hydrogen-bond acceptors (Lipinski definition) is 10. The molecule has 0 bridgehead atoms. The van der Waals surface area contributed by atoms with Crippen molar-refractivity contribution in [2.24, 2.45) is 10.7 Å². The van der Waals surface area contributed by atoms with Gasteiger partial charge in [-0.25, -0.2) is 4.98 Å². The van der Waals surface area contributed by atoms with E-state index in [1.807, 2.05) is 0 Å². The fourth-order valence-electron chi connectivity index (χ4n) is 2.53. The van der Waals surface area contributed by atoms with E-state index in [1.165, 1.54) is 18.0 Å². The van der Waals surface area contributed by atoms with Crippen molar-refractivity contribution in [1.82, 2.24) is 9.55 Å². The zero-order valence-electron chi connectivity index (χ0n) is 11.6. The van der Waals surface area contributed by atoms with E-state index in [9.17, 15) is 15.3 Å². The highest BCUT2D eigenvalue weighted by molar-refractivity contribution is 5.94. The Bertz CT molecular complexity index is 606. The minimum absolute atomic E-state index is 0.0296. The number of nitrogens with two attached hydrogens (primary N) is 1. The Hall–Kier alpha value is -1.76. The smallest absolute Gasteiger partial charge is 0.319 e. The van der Waals surface area contributed by atoms with Gasteiger partial charge in [0, 0.05) is 7.11 Å². The largest absolute Gasteiger partial charge is 0.394 e. The average Bonchev–Trinajstić information content (AvgIpc) is 3.02. The van der Waals surface area contributed by atoms with Gasteiger partial charge in [0.05, 0.1) is 12.9 Å². The molecule has 5 atom stereocenters. The van der Waals surface area contributed by atoms with E-state index in [4.69, 9.17) is 20.3 Å². The molecule has 0 amide bonds. The molecule has 0 radical (unpaired) electrons.